The number of nitrogens with one attached hydrogen (secondary N) is 2. The molecule has 1 atom stereocenters. The highest BCUT2D eigenvalue weighted by molar-refractivity contribution is 7.99. The Balaban J connectivity index is 1.74. The quantitative estimate of drug-likeness (QED) is 0.458. The number of hydrogen-bond acceptors (Lipinski definition) is 4. The zero-order chi connectivity index (χ0) is 21.0. The minimum Gasteiger partial charge on any atom is -0.325 e. The first-order valence-electron chi connectivity index (χ1n) is 9.52. The molecule has 1 heterocycles. The number of nitrogens with zero attached hydrogens (tertiary/aromatic N) is 1. The molecule has 0 spiro atoms. The number of carbonyl (C=O) groups excluding carboxylic acids is 1. The highest BCUT2D eigenvalue weighted by atomic mass is 32.2. The molecule has 0 aliphatic heterocycles. The predicted octanol–water partition coefficient (Wildman–Crippen LogP) is 4.73. The van der Waals surface area contributed by atoms with Gasteiger partial charge in [0.25, 0.3) is 5.56 Å². The molecule has 0 aliphatic carbocycles. The van der Waals surface area contributed by atoms with Gasteiger partial charge < -0.3 is 10.3 Å². The molecule has 2 N–H and O–H groups in total. The van der Waals surface area contributed by atoms with Crippen LogP contribution in [-0.4, -0.2) is 15.9 Å². The Bertz CT molecular complexity index is 1060. The van der Waals surface area contributed by atoms with E-state index in [4.69, 9.17) is 0 Å². The Morgan fingerprint density at radius 2 is 1.72 bits per heavy atom. The number of rotatable bonds is 6. The number of benzene rings is 2. The van der Waals surface area contributed by atoms with Gasteiger partial charge in [-0.15, -0.1) is 0 Å². The number of carbonyl (C=O) groups is 1. The van der Waals surface area contributed by atoms with E-state index in [1.807, 2.05) is 50.2 Å². The molecule has 0 saturated heterocycles. The standard InChI is InChI=1S/C23H25N3O2S/c1-14-9-8-10-15(2)21(14)25-20(27)13-19-16(3)24-23(26-22(19)28)29-17(4)18-11-6-5-7-12-18/h5-12,17H,13H2,1-4H3,(H,25,27)(H,24,26,28). The van der Waals surface area contributed by atoms with Gasteiger partial charge in [0.2, 0.25) is 5.91 Å². The first-order chi connectivity index (χ1) is 13.8. The average Bonchev–Trinajstić information content (AvgIpc) is 2.68. The number of anilines is 1. The smallest absolute Gasteiger partial charge is 0.255 e. The zero-order valence-electron chi connectivity index (χ0n) is 17.1. The molecule has 0 fully saturated rings. The molecule has 0 bridgehead atoms. The summed E-state index contributed by atoms with van der Waals surface area (Å²) in [6.45, 7) is 7.74. The van der Waals surface area contributed by atoms with Crippen molar-refractivity contribution >= 4 is 23.4 Å². The summed E-state index contributed by atoms with van der Waals surface area (Å²) in [5.41, 5.74) is 4.64. The Morgan fingerprint density at radius 3 is 2.34 bits per heavy atom. The maximum Gasteiger partial charge on any atom is 0.255 e. The van der Waals surface area contributed by atoms with E-state index in [0.29, 0.717) is 16.4 Å². The minimum absolute atomic E-state index is 0.0128. The topological polar surface area (TPSA) is 74.8 Å². The Kier molecular flexibility index (Phi) is 6.54. The van der Waals surface area contributed by atoms with Crippen LogP contribution in [-0.2, 0) is 11.2 Å². The van der Waals surface area contributed by atoms with E-state index in [-0.39, 0.29) is 23.1 Å². The second-order valence-corrected chi connectivity index (χ2v) is 8.43. The van der Waals surface area contributed by atoms with Gasteiger partial charge in [-0.05, 0) is 44.4 Å². The number of amides is 1. The lowest BCUT2D eigenvalue weighted by atomic mass is 10.1. The number of aryl methyl sites for hydroxylation is 3. The molecule has 1 unspecified atom stereocenters. The summed E-state index contributed by atoms with van der Waals surface area (Å²) in [4.78, 5) is 32.5. The third kappa shape index (κ3) is 5.15. The van der Waals surface area contributed by atoms with Crippen LogP contribution in [0.4, 0.5) is 5.69 Å². The third-order valence-electron chi connectivity index (χ3n) is 4.84. The second-order valence-electron chi connectivity index (χ2n) is 7.10. The van der Waals surface area contributed by atoms with Crippen LogP contribution in [0.15, 0.2) is 58.5 Å². The Labute approximate surface area is 175 Å². The summed E-state index contributed by atoms with van der Waals surface area (Å²) in [5.74, 6) is -0.226. The summed E-state index contributed by atoms with van der Waals surface area (Å²) >= 11 is 1.49. The average molecular weight is 408 g/mol. The van der Waals surface area contributed by atoms with Crippen molar-refractivity contribution in [2.45, 2.75) is 44.5 Å². The van der Waals surface area contributed by atoms with Crippen LogP contribution in [0.2, 0.25) is 0 Å². The lowest BCUT2D eigenvalue weighted by Crippen LogP contribution is -2.24. The van der Waals surface area contributed by atoms with E-state index in [9.17, 15) is 9.59 Å². The zero-order valence-corrected chi connectivity index (χ0v) is 17.9. The lowest BCUT2D eigenvalue weighted by Gasteiger charge is -2.13. The highest BCUT2D eigenvalue weighted by Crippen LogP contribution is 2.32. The van der Waals surface area contributed by atoms with E-state index in [1.54, 1.807) is 6.92 Å². The fourth-order valence-electron chi connectivity index (χ4n) is 3.16. The molecular formula is C23H25N3O2S. The van der Waals surface area contributed by atoms with Crippen molar-refractivity contribution in [2.24, 2.45) is 0 Å². The highest BCUT2D eigenvalue weighted by Gasteiger charge is 2.16. The minimum atomic E-state index is -0.267. The fraction of sp³-hybridized carbons (Fsp3) is 0.261. The summed E-state index contributed by atoms with van der Waals surface area (Å²) < 4.78 is 0. The van der Waals surface area contributed by atoms with Crippen molar-refractivity contribution < 1.29 is 4.79 Å². The summed E-state index contributed by atoms with van der Waals surface area (Å²) in [6.07, 6.45) is -0.0128. The van der Waals surface area contributed by atoms with Crippen LogP contribution < -0.4 is 10.9 Å². The normalized spacial score (nSPS) is 11.9. The number of aromatic nitrogens is 2. The summed E-state index contributed by atoms with van der Waals surface area (Å²) in [5, 5.41) is 3.63. The first-order valence-corrected chi connectivity index (χ1v) is 10.4. The fourth-order valence-corrected chi connectivity index (χ4v) is 4.13. The molecule has 6 heteroatoms. The van der Waals surface area contributed by atoms with Gasteiger partial charge in [-0.1, -0.05) is 60.3 Å². The number of H-pyrrole nitrogens is 1. The Morgan fingerprint density at radius 1 is 1.07 bits per heavy atom. The lowest BCUT2D eigenvalue weighted by molar-refractivity contribution is -0.115. The van der Waals surface area contributed by atoms with E-state index in [2.05, 4.69) is 34.3 Å². The van der Waals surface area contributed by atoms with Gasteiger partial charge in [-0.3, -0.25) is 9.59 Å². The molecule has 2 aromatic carbocycles. The molecular weight excluding hydrogens is 382 g/mol. The number of hydrogen-bond donors (Lipinski definition) is 2. The number of aromatic amines is 1. The summed E-state index contributed by atoms with van der Waals surface area (Å²) in [6, 6.07) is 15.9. The van der Waals surface area contributed by atoms with Crippen molar-refractivity contribution in [3.8, 4) is 0 Å². The van der Waals surface area contributed by atoms with Crippen LogP contribution in [0.5, 0.6) is 0 Å². The maximum absolute atomic E-state index is 12.6. The van der Waals surface area contributed by atoms with Crippen molar-refractivity contribution in [3.05, 3.63) is 86.8 Å². The van der Waals surface area contributed by atoms with Crippen LogP contribution in [0, 0.1) is 20.8 Å². The molecule has 1 aromatic heterocycles. The van der Waals surface area contributed by atoms with Gasteiger partial charge in [-0.2, -0.15) is 0 Å². The largest absolute Gasteiger partial charge is 0.325 e. The van der Waals surface area contributed by atoms with E-state index >= 15 is 0 Å². The number of para-hydroxylation sites is 1. The molecule has 0 saturated carbocycles. The van der Waals surface area contributed by atoms with Gasteiger partial charge in [-0.25, -0.2) is 4.98 Å². The second kappa shape index (κ2) is 9.09. The molecule has 0 aliphatic rings. The van der Waals surface area contributed by atoms with Crippen molar-refractivity contribution in [2.75, 3.05) is 5.32 Å². The molecule has 0 radical (unpaired) electrons. The SMILES string of the molecule is Cc1cccc(C)c1NC(=O)Cc1c(C)nc(SC(C)c2ccccc2)[nH]c1=O. The van der Waals surface area contributed by atoms with E-state index in [0.717, 1.165) is 22.4 Å². The van der Waals surface area contributed by atoms with E-state index in [1.165, 1.54) is 11.8 Å². The van der Waals surface area contributed by atoms with Crippen molar-refractivity contribution in [1.82, 2.24) is 9.97 Å². The monoisotopic (exact) mass is 407 g/mol. The molecule has 1 amide bonds. The molecule has 29 heavy (non-hydrogen) atoms. The molecule has 3 aromatic rings. The van der Waals surface area contributed by atoms with E-state index < -0.39 is 0 Å². The maximum atomic E-state index is 12.6. The van der Waals surface area contributed by atoms with Crippen LogP contribution in [0.1, 0.15) is 40.1 Å². The van der Waals surface area contributed by atoms with Crippen LogP contribution in [0.3, 0.4) is 0 Å². The van der Waals surface area contributed by atoms with Crippen molar-refractivity contribution in [3.63, 3.8) is 0 Å². The molecule has 5 nitrogen and oxygen atoms in total. The van der Waals surface area contributed by atoms with Crippen LogP contribution in [0.25, 0.3) is 0 Å². The van der Waals surface area contributed by atoms with Gasteiger partial charge in [0, 0.05) is 22.2 Å². The summed E-state index contributed by atoms with van der Waals surface area (Å²) in [7, 11) is 0. The van der Waals surface area contributed by atoms with Crippen LogP contribution >= 0.6 is 11.8 Å². The molecule has 3 rings (SSSR count). The van der Waals surface area contributed by atoms with Gasteiger partial charge in [0.05, 0.1) is 6.42 Å². The number of thioether (sulfide) groups is 1. The molecule has 150 valence electrons. The first kappa shape index (κ1) is 20.9. The van der Waals surface area contributed by atoms with Gasteiger partial charge in [0.1, 0.15) is 0 Å². The van der Waals surface area contributed by atoms with Gasteiger partial charge >= 0.3 is 0 Å². The van der Waals surface area contributed by atoms with Gasteiger partial charge in [0.15, 0.2) is 5.16 Å². The third-order valence-corrected chi connectivity index (χ3v) is 5.88. The van der Waals surface area contributed by atoms with Crippen molar-refractivity contribution in [1.29, 1.82) is 0 Å². The predicted molar refractivity (Wildman–Crippen MR) is 119 cm³/mol. The Hall–Kier alpha value is -2.86.